The third-order valence-electron chi connectivity index (χ3n) is 2.97. The van der Waals surface area contributed by atoms with Gasteiger partial charge in [0.05, 0.1) is 0 Å². The number of hydrogen-bond donors (Lipinski definition) is 1. The fourth-order valence-electron chi connectivity index (χ4n) is 1.98. The van der Waals surface area contributed by atoms with Gasteiger partial charge in [-0.2, -0.15) is 13.2 Å². The first-order valence-corrected chi connectivity index (χ1v) is 7.80. The maximum absolute atomic E-state index is 12.2. The predicted molar refractivity (Wildman–Crippen MR) is 79.0 cm³/mol. The number of benzene rings is 1. The summed E-state index contributed by atoms with van der Waals surface area (Å²) in [6.45, 7) is 5.27. The van der Waals surface area contributed by atoms with Crippen LogP contribution in [-0.4, -0.2) is 18.1 Å². The highest BCUT2D eigenvalue weighted by Crippen LogP contribution is 2.36. The van der Waals surface area contributed by atoms with Crippen molar-refractivity contribution < 1.29 is 13.2 Å². The molecule has 1 aromatic carbocycles. The Labute approximate surface area is 123 Å². The summed E-state index contributed by atoms with van der Waals surface area (Å²) in [4.78, 5) is 0.241. The van der Waals surface area contributed by atoms with Crippen molar-refractivity contribution in [2.45, 2.75) is 56.0 Å². The van der Waals surface area contributed by atoms with Crippen LogP contribution in [0.2, 0.25) is 0 Å². The van der Waals surface area contributed by atoms with E-state index < -0.39 is 5.51 Å². The fourth-order valence-corrected chi connectivity index (χ4v) is 2.52. The second-order valence-electron chi connectivity index (χ2n) is 4.96. The molecule has 1 nitrogen and oxygen atoms in total. The second kappa shape index (κ2) is 8.57. The van der Waals surface area contributed by atoms with E-state index >= 15 is 0 Å². The Morgan fingerprint density at radius 1 is 1.15 bits per heavy atom. The number of alkyl halides is 3. The van der Waals surface area contributed by atoms with Crippen LogP contribution in [-0.2, 0) is 6.42 Å². The minimum Gasteiger partial charge on any atom is -0.314 e. The highest BCUT2D eigenvalue weighted by Gasteiger charge is 2.28. The zero-order chi connectivity index (χ0) is 15.0. The highest BCUT2D eigenvalue weighted by atomic mass is 32.2. The van der Waals surface area contributed by atoms with E-state index in [1.54, 1.807) is 12.1 Å². The lowest BCUT2D eigenvalue weighted by atomic mass is 10.1. The van der Waals surface area contributed by atoms with Gasteiger partial charge in [0.2, 0.25) is 0 Å². The van der Waals surface area contributed by atoms with Gasteiger partial charge < -0.3 is 5.32 Å². The molecular formula is C15H22F3NS. The zero-order valence-corrected chi connectivity index (χ0v) is 12.8. The van der Waals surface area contributed by atoms with Crippen LogP contribution >= 0.6 is 11.8 Å². The van der Waals surface area contributed by atoms with E-state index in [1.807, 2.05) is 0 Å². The van der Waals surface area contributed by atoms with E-state index in [0.29, 0.717) is 6.04 Å². The molecule has 114 valence electrons. The Morgan fingerprint density at radius 2 is 1.80 bits per heavy atom. The molecule has 0 aromatic heterocycles. The van der Waals surface area contributed by atoms with Gasteiger partial charge in [-0.3, -0.25) is 0 Å². The van der Waals surface area contributed by atoms with Crippen LogP contribution < -0.4 is 5.32 Å². The molecule has 0 bridgehead atoms. The van der Waals surface area contributed by atoms with Crippen molar-refractivity contribution >= 4 is 11.8 Å². The SMILES string of the molecule is CCCCCNC(C)Cc1ccc(SC(F)(F)F)cc1. The molecule has 1 rings (SSSR count). The molecule has 5 heteroatoms. The minimum atomic E-state index is -4.21. The van der Waals surface area contributed by atoms with Gasteiger partial charge in [-0.15, -0.1) is 0 Å². The lowest BCUT2D eigenvalue weighted by Gasteiger charge is -2.14. The van der Waals surface area contributed by atoms with Crippen molar-refractivity contribution in [3.05, 3.63) is 29.8 Å². The number of halogens is 3. The van der Waals surface area contributed by atoms with Crippen molar-refractivity contribution in [3.63, 3.8) is 0 Å². The second-order valence-corrected chi connectivity index (χ2v) is 6.10. The van der Waals surface area contributed by atoms with Gasteiger partial charge in [-0.05, 0) is 55.8 Å². The monoisotopic (exact) mass is 305 g/mol. The number of hydrogen-bond acceptors (Lipinski definition) is 2. The Balaban J connectivity index is 2.37. The summed E-state index contributed by atoms with van der Waals surface area (Å²) >= 11 is -0.0680. The van der Waals surface area contributed by atoms with Crippen LogP contribution in [0.3, 0.4) is 0 Å². The van der Waals surface area contributed by atoms with Crippen LogP contribution in [0.4, 0.5) is 13.2 Å². The van der Waals surface area contributed by atoms with Crippen LogP contribution in [0.1, 0.15) is 38.7 Å². The number of nitrogens with one attached hydrogen (secondary N) is 1. The minimum absolute atomic E-state index is 0.0680. The van der Waals surface area contributed by atoms with Gasteiger partial charge in [0.15, 0.2) is 0 Å². The maximum atomic E-state index is 12.2. The molecule has 1 aromatic rings. The lowest BCUT2D eigenvalue weighted by molar-refractivity contribution is -0.0328. The molecule has 20 heavy (non-hydrogen) atoms. The molecular weight excluding hydrogens is 283 g/mol. The molecule has 0 aliphatic rings. The molecule has 1 atom stereocenters. The fraction of sp³-hybridized carbons (Fsp3) is 0.600. The smallest absolute Gasteiger partial charge is 0.314 e. The number of unbranched alkanes of at least 4 members (excludes halogenated alkanes) is 2. The first-order chi connectivity index (χ1) is 9.40. The highest BCUT2D eigenvalue weighted by molar-refractivity contribution is 8.00. The summed E-state index contributed by atoms with van der Waals surface area (Å²) in [6, 6.07) is 6.97. The topological polar surface area (TPSA) is 12.0 Å². The normalized spacial score (nSPS) is 13.4. The molecule has 1 N–H and O–H groups in total. The first-order valence-electron chi connectivity index (χ1n) is 6.99. The number of rotatable bonds is 8. The van der Waals surface area contributed by atoms with Crippen molar-refractivity contribution in [2.75, 3.05) is 6.54 Å². The predicted octanol–water partition coefficient (Wildman–Crippen LogP) is 5.01. The van der Waals surface area contributed by atoms with E-state index in [4.69, 9.17) is 0 Å². The molecule has 0 aliphatic carbocycles. The van der Waals surface area contributed by atoms with Gasteiger partial charge in [-0.25, -0.2) is 0 Å². The average Bonchev–Trinajstić information content (AvgIpc) is 2.35. The van der Waals surface area contributed by atoms with Crippen LogP contribution in [0.15, 0.2) is 29.2 Å². The van der Waals surface area contributed by atoms with Crippen LogP contribution in [0, 0.1) is 0 Å². The molecule has 0 saturated carbocycles. The summed E-state index contributed by atoms with van der Waals surface area (Å²) in [5.74, 6) is 0. The van der Waals surface area contributed by atoms with E-state index in [-0.39, 0.29) is 16.7 Å². The third-order valence-corrected chi connectivity index (χ3v) is 3.71. The van der Waals surface area contributed by atoms with Crippen LogP contribution in [0.25, 0.3) is 0 Å². The lowest BCUT2D eigenvalue weighted by Crippen LogP contribution is -2.28. The van der Waals surface area contributed by atoms with Crippen molar-refractivity contribution in [2.24, 2.45) is 0 Å². The average molecular weight is 305 g/mol. The van der Waals surface area contributed by atoms with Gasteiger partial charge in [0.1, 0.15) is 0 Å². The summed E-state index contributed by atoms with van der Waals surface area (Å²) in [5.41, 5.74) is -3.15. The van der Waals surface area contributed by atoms with Crippen molar-refractivity contribution in [3.8, 4) is 0 Å². The van der Waals surface area contributed by atoms with E-state index in [0.717, 1.165) is 18.5 Å². The quantitative estimate of drug-likeness (QED) is 0.535. The molecule has 0 radical (unpaired) electrons. The molecule has 0 amide bonds. The molecule has 0 spiro atoms. The Bertz CT molecular complexity index is 376. The van der Waals surface area contributed by atoms with Gasteiger partial charge in [-0.1, -0.05) is 31.9 Å². The summed E-state index contributed by atoms with van der Waals surface area (Å²) in [6.07, 6.45) is 4.43. The largest absolute Gasteiger partial charge is 0.446 e. The molecule has 0 aliphatic heterocycles. The Hall–Kier alpha value is -0.680. The molecule has 0 saturated heterocycles. The number of thioether (sulfide) groups is 1. The zero-order valence-electron chi connectivity index (χ0n) is 12.0. The van der Waals surface area contributed by atoms with Crippen LogP contribution in [0.5, 0.6) is 0 Å². The standard InChI is InChI=1S/C15H22F3NS/c1-3-4-5-10-19-12(2)11-13-6-8-14(9-7-13)20-15(16,17)18/h6-9,12,19H,3-5,10-11H2,1-2H3. The van der Waals surface area contributed by atoms with E-state index in [9.17, 15) is 13.2 Å². The van der Waals surface area contributed by atoms with E-state index in [1.165, 1.54) is 31.4 Å². The van der Waals surface area contributed by atoms with E-state index in [2.05, 4.69) is 19.2 Å². The first kappa shape index (κ1) is 17.4. The Morgan fingerprint density at radius 3 is 2.35 bits per heavy atom. The molecule has 1 unspecified atom stereocenters. The summed E-state index contributed by atoms with van der Waals surface area (Å²) < 4.78 is 36.6. The third kappa shape index (κ3) is 7.80. The van der Waals surface area contributed by atoms with Crippen molar-refractivity contribution in [1.29, 1.82) is 0 Å². The molecule has 0 heterocycles. The van der Waals surface area contributed by atoms with Crippen molar-refractivity contribution in [1.82, 2.24) is 5.32 Å². The van der Waals surface area contributed by atoms with Gasteiger partial charge in [0, 0.05) is 10.9 Å². The molecule has 0 fully saturated rings. The van der Waals surface area contributed by atoms with Gasteiger partial charge >= 0.3 is 5.51 Å². The summed E-state index contributed by atoms with van der Waals surface area (Å²) in [5, 5.41) is 3.43. The van der Waals surface area contributed by atoms with Gasteiger partial charge in [0.25, 0.3) is 0 Å². The summed E-state index contributed by atoms with van der Waals surface area (Å²) in [7, 11) is 0. The Kier molecular flexibility index (Phi) is 7.45. The maximum Gasteiger partial charge on any atom is 0.446 e.